The van der Waals surface area contributed by atoms with Gasteiger partial charge in [-0.25, -0.2) is 0 Å². The largest absolute Gasteiger partial charge is 0.472 e. The molecule has 4 rings (SSSR count). The van der Waals surface area contributed by atoms with Gasteiger partial charge in [0, 0.05) is 24.5 Å². The summed E-state index contributed by atoms with van der Waals surface area (Å²) in [4.78, 5) is 14.5. The first-order valence-electron chi connectivity index (χ1n) is 8.73. The molecule has 0 atom stereocenters. The summed E-state index contributed by atoms with van der Waals surface area (Å²) in [6, 6.07) is 9.67. The Morgan fingerprint density at radius 1 is 1.20 bits per heavy atom. The Balaban J connectivity index is 1.53. The third-order valence-corrected chi connectivity index (χ3v) is 4.92. The minimum atomic E-state index is -0.0559. The van der Waals surface area contributed by atoms with Crippen molar-refractivity contribution in [1.82, 2.24) is 10.2 Å². The van der Waals surface area contributed by atoms with Gasteiger partial charge in [0.2, 0.25) is 0 Å². The minimum absolute atomic E-state index is 0.0559. The minimum Gasteiger partial charge on any atom is -0.472 e. The van der Waals surface area contributed by atoms with Crippen molar-refractivity contribution in [2.45, 2.75) is 12.8 Å². The molecule has 5 nitrogen and oxygen atoms in total. The highest BCUT2D eigenvalue weighted by Gasteiger charge is 2.21. The van der Waals surface area contributed by atoms with E-state index in [1.54, 1.807) is 17.4 Å². The van der Waals surface area contributed by atoms with E-state index in [2.05, 4.69) is 5.32 Å². The van der Waals surface area contributed by atoms with Crippen molar-refractivity contribution in [1.29, 1.82) is 0 Å². The second kappa shape index (κ2) is 6.76. The molecule has 3 heterocycles. The number of nitrogens with zero attached hydrogens (tertiary/aromatic N) is 1. The first-order chi connectivity index (χ1) is 12.2. The molecule has 1 N–H and O–H groups in total. The first-order valence-corrected chi connectivity index (χ1v) is 8.73. The van der Waals surface area contributed by atoms with Crippen molar-refractivity contribution in [3.05, 3.63) is 48.6 Å². The SMILES string of the molecule is CN(CC1CCNCC1)C(=O)c1cc2ccc(-c3ccoc3)cc2o1. The lowest BCUT2D eigenvalue weighted by atomic mass is 9.97. The highest BCUT2D eigenvalue weighted by Crippen LogP contribution is 2.27. The van der Waals surface area contributed by atoms with Crippen molar-refractivity contribution < 1.29 is 13.6 Å². The molecule has 25 heavy (non-hydrogen) atoms. The van der Waals surface area contributed by atoms with E-state index in [-0.39, 0.29) is 5.91 Å². The van der Waals surface area contributed by atoms with Crippen LogP contribution in [0.15, 0.2) is 51.7 Å². The number of hydrogen-bond donors (Lipinski definition) is 1. The number of carbonyl (C=O) groups excluding carboxylic acids is 1. The lowest BCUT2D eigenvalue weighted by Crippen LogP contribution is -2.37. The molecular weight excluding hydrogens is 316 g/mol. The Morgan fingerprint density at radius 3 is 2.80 bits per heavy atom. The quantitative estimate of drug-likeness (QED) is 0.787. The van der Waals surface area contributed by atoms with Gasteiger partial charge >= 0.3 is 0 Å². The van der Waals surface area contributed by atoms with Crippen LogP contribution in [-0.4, -0.2) is 37.5 Å². The van der Waals surface area contributed by atoms with Gasteiger partial charge in [-0.3, -0.25) is 4.79 Å². The van der Waals surface area contributed by atoms with E-state index in [1.165, 1.54) is 0 Å². The van der Waals surface area contributed by atoms with Crippen molar-refractivity contribution in [2.24, 2.45) is 5.92 Å². The molecule has 0 saturated carbocycles. The summed E-state index contributed by atoms with van der Waals surface area (Å²) in [6.45, 7) is 2.85. The molecule has 2 aromatic heterocycles. The summed E-state index contributed by atoms with van der Waals surface area (Å²) in [5, 5.41) is 4.29. The molecule has 1 fully saturated rings. The lowest BCUT2D eigenvalue weighted by molar-refractivity contribution is 0.0733. The zero-order chi connectivity index (χ0) is 17.2. The van der Waals surface area contributed by atoms with Crippen molar-refractivity contribution in [2.75, 3.05) is 26.7 Å². The van der Waals surface area contributed by atoms with Crippen LogP contribution in [0, 0.1) is 5.92 Å². The van der Waals surface area contributed by atoms with Gasteiger partial charge in [0.15, 0.2) is 5.76 Å². The maximum atomic E-state index is 12.7. The van der Waals surface area contributed by atoms with Crippen LogP contribution in [0.3, 0.4) is 0 Å². The van der Waals surface area contributed by atoms with Crippen LogP contribution in [0.4, 0.5) is 0 Å². The molecule has 1 saturated heterocycles. The molecule has 3 aromatic rings. The third-order valence-electron chi connectivity index (χ3n) is 4.92. The van der Waals surface area contributed by atoms with E-state index in [9.17, 15) is 4.79 Å². The lowest BCUT2D eigenvalue weighted by Gasteiger charge is -2.27. The van der Waals surface area contributed by atoms with E-state index < -0.39 is 0 Å². The zero-order valence-electron chi connectivity index (χ0n) is 14.3. The highest BCUT2D eigenvalue weighted by molar-refractivity contribution is 5.96. The molecular formula is C20H22N2O3. The molecule has 0 aliphatic carbocycles. The highest BCUT2D eigenvalue weighted by atomic mass is 16.3. The Kier molecular flexibility index (Phi) is 4.32. The number of nitrogens with one attached hydrogen (secondary N) is 1. The number of rotatable bonds is 4. The van der Waals surface area contributed by atoms with Gasteiger partial charge in [-0.15, -0.1) is 0 Å². The van der Waals surface area contributed by atoms with Gasteiger partial charge in [0.1, 0.15) is 5.58 Å². The molecule has 1 aliphatic heterocycles. The Hall–Kier alpha value is -2.53. The number of carbonyl (C=O) groups is 1. The summed E-state index contributed by atoms with van der Waals surface area (Å²) in [5.41, 5.74) is 2.73. The van der Waals surface area contributed by atoms with E-state index >= 15 is 0 Å². The molecule has 1 aliphatic rings. The number of fused-ring (bicyclic) bond motifs is 1. The van der Waals surface area contributed by atoms with E-state index in [0.29, 0.717) is 11.7 Å². The number of amides is 1. The maximum absolute atomic E-state index is 12.7. The molecule has 0 radical (unpaired) electrons. The van der Waals surface area contributed by atoms with Gasteiger partial charge in [-0.05, 0) is 55.6 Å². The van der Waals surface area contributed by atoms with Crippen LogP contribution in [0.5, 0.6) is 0 Å². The predicted molar refractivity (Wildman–Crippen MR) is 96.5 cm³/mol. The summed E-state index contributed by atoms with van der Waals surface area (Å²) in [5.74, 6) is 0.905. The van der Waals surface area contributed by atoms with Crippen molar-refractivity contribution in [3.8, 4) is 11.1 Å². The van der Waals surface area contributed by atoms with Crippen LogP contribution in [0.25, 0.3) is 22.1 Å². The summed E-state index contributed by atoms with van der Waals surface area (Å²) in [6.07, 6.45) is 5.58. The summed E-state index contributed by atoms with van der Waals surface area (Å²) >= 11 is 0. The Labute approximate surface area is 146 Å². The first kappa shape index (κ1) is 16.0. The monoisotopic (exact) mass is 338 g/mol. The second-order valence-corrected chi connectivity index (χ2v) is 6.75. The number of furan rings is 2. The van der Waals surface area contributed by atoms with Crippen LogP contribution >= 0.6 is 0 Å². The summed E-state index contributed by atoms with van der Waals surface area (Å²) in [7, 11) is 1.86. The van der Waals surface area contributed by atoms with Gasteiger partial charge in [-0.2, -0.15) is 0 Å². The number of benzene rings is 1. The van der Waals surface area contributed by atoms with E-state index in [1.807, 2.05) is 37.4 Å². The van der Waals surface area contributed by atoms with Crippen molar-refractivity contribution in [3.63, 3.8) is 0 Å². The number of hydrogen-bond acceptors (Lipinski definition) is 4. The Morgan fingerprint density at radius 2 is 2.04 bits per heavy atom. The van der Waals surface area contributed by atoms with E-state index in [0.717, 1.165) is 54.6 Å². The predicted octanol–water partition coefficient (Wildman–Crippen LogP) is 3.76. The van der Waals surface area contributed by atoms with Crippen molar-refractivity contribution >= 4 is 16.9 Å². The third kappa shape index (κ3) is 3.33. The molecule has 0 spiro atoms. The molecule has 1 amide bonds. The average molecular weight is 338 g/mol. The van der Waals surface area contributed by atoms with Crippen LogP contribution in [0.1, 0.15) is 23.4 Å². The van der Waals surface area contributed by atoms with Crippen LogP contribution in [0.2, 0.25) is 0 Å². The normalized spacial score (nSPS) is 15.6. The zero-order valence-corrected chi connectivity index (χ0v) is 14.3. The maximum Gasteiger partial charge on any atom is 0.289 e. The fourth-order valence-corrected chi connectivity index (χ4v) is 3.47. The standard InChI is InChI=1S/C20H22N2O3/c1-22(12-14-4-7-21-8-5-14)20(23)19-11-16-3-2-15(10-18(16)25-19)17-6-9-24-13-17/h2-3,6,9-11,13-14,21H,4-5,7-8,12H2,1H3. The molecule has 0 bridgehead atoms. The number of piperidine rings is 1. The van der Waals surface area contributed by atoms with Gasteiger partial charge in [-0.1, -0.05) is 12.1 Å². The molecule has 0 unspecified atom stereocenters. The Bertz CT molecular complexity index is 860. The molecule has 5 heteroatoms. The fraction of sp³-hybridized carbons (Fsp3) is 0.350. The summed E-state index contributed by atoms with van der Waals surface area (Å²) < 4.78 is 11.0. The van der Waals surface area contributed by atoms with Gasteiger partial charge in [0.05, 0.1) is 12.5 Å². The fourth-order valence-electron chi connectivity index (χ4n) is 3.47. The van der Waals surface area contributed by atoms with Gasteiger partial charge in [0.25, 0.3) is 5.91 Å². The van der Waals surface area contributed by atoms with E-state index in [4.69, 9.17) is 8.83 Å². The average Bonchev–Trinajstić information content (AvgIpc) is 3.30. The second-order valence-electron chi connectivity index (χ2n) is 6.75. The topological polar surface area (TPSA) is 58.6 Å². The molecule has 1 aromatic carbocycles. The van der Waals surface area contributed by atoms with Gasteiger partial charge < -0.3 is 19.1 Å². The van der Waals surface area contributed by atoms with Crippen LogP contribution in [-0.2, 0) is 0 Å². The smallest absolute Gasteiger partial charge is 0.289 e. The van der Waals surface area contributed by atoms with Crippen LogP contribution < -0.4 is 5.32 Å². The molecule has 130 valence electrons.